The molecule has 0 unspecified atom stereocenters. The summed E-state index contributed by atoms with van der Waals surface area (Å²) in [5.41, 5.74) is 0. The summed E-state index contributed by atoms with van der Waals surface area (Å²) in [7, 11) is 0. The van der Waals surface area contributed by atoms with Gasteiger partial charge in [0.15, 0.2) is 0 Å². The van der Waals surface area contributed by atoms with E-state index in [4.69, 9.17) is 0 Å². The van der Waals surface area contributed by atoms with Crippen LogP contribution in [0.4, 0.5) is 0 Å². The van der Waals surface area contributed by atoms with Crippen molar-refractivity contribution < 1.29 is 0 Å². The second-order valence-electron chi connectivity index (χ2n) is 2.11. The molecule has 1 N–H and O–H groups in total. The van der Waals surface area contributed by atoms with Crippen molar-refractivity contribution in [2.75, 3.05) is 6.54 Å². The Morgan fingerprint density at radius 1 is 1.22 bits per heavy atom. The molecule has 0 saturated carbocycles. The van der Waals surface area contributed by atoms with Crippen LogP contribution in [-0.2, 0) is 0 Å². The lowest BCUT2D eigenvalue weighted by atomic mass is 10.4. The van der Waals surface area contributed by atoms with Crippen LogP contribution in [0.5, 0.6) is 0 Å². The normalized spacial score (nSPS) is 8.00. The Morgan fingerprint density at radius 3 is 1.78 bits per heavy atom. The molecule has 9 heavy (non-hydrogen) atoms. The lowest BCUT2D eigenvalue weighted by Crippen LogP contribution is -2.22. The molecule has 0 atom stereocenters. The van der Waals surface area contributed by atoms with Gasteiger partial charge in [-0.05, 0) is 13.0 Å². The first kappa shape index (κ1) is 16.0. The molecule has 0 aromatic rings. The van der Waals surface area contributed by atoms with Crippen LogP contribution < -0.4 is 5.32 Å². The smallest absolute Gasteiger partial charge is 0.00103 e. The molecule has 0 spiro atoms. The average Bonchev–Trinajstić information content (AvgIpc) is 1.61. The molecule has 0 fully saturated rings. The number of rotatable bonds is 3. The van der Waals surface area contributed by atoms with Gasteiger partial charge in [0.25, 0.3) is 0 Å². The minimum absolute atomic E-state index is 0. The van der Waals surface area contributed by atoms with Gasteiger partial charge in [-0.1, -0.05) is 35.6 Å². The summed E-state index contributed by atoms with van der Waals surface area (Å²) < 4.78 is 0. The standard InChI is InChI=1S/C6H15N.2CH4/c1-4-5-7-6(2)3;;/h6-7H,4-5H2,1-3H3;2*1H4. The van der Waals surface area contributed by atoms with Crippen molar-refractivity contribution in [2.45, 2.75) is 48.1 Å². The summed E-state index contributed by atoms with van der Waals surface area (Å²) in [5.74, 6) is 0. The molecule has 0 bridgehead atoms. The van der Waals surface area contributed by atoms with Gasteiger partial charge in [0, 0.05) is 6.04 Å². The molecule has 0 amide bonds. The van der Waals surface area contributed by atoms with Gasteiger partial charge in [0.2, 0.25) is 0 Å². The summed E-state index contributed by atoms with van der Waals surface area (Å²) in [6, 6.07) is 0.653. The first-order valence-corrected chi connectivity index (χ1v) is 3.00. The van der Waals surface area contributed by atoms with Gasteiger partial charge in [-0.2, -0.15) is 0 Å². The average molecular weight is 133 g/mol. The lowest BCUT2D eigenvalue weighted by Gasteiger charge is -2.03. The summed E-state index contributed by atoms with van der Waals surface area (Å²) in [6.45, 7) is 7.65. The topological polar surface area (TPSA) is 12.0 Å². The number of hydrogen-bond acceptors (Lipinski definition) is 1. The zero-order chi connectivity index (χ0) is 5.70. The van der Waals surface area contributed by atoms with Crippen molar-refractivity contribution in [3.05, 3.63) is 0 Å². The Labute approximate surface area is 60.9 Å². The van der Waals surface area contributed by atoms with Crippen LogP contribution in [-0.4, -0.2) is 12.6 Å². The second kappa shape index (κ2) is 10.9. The van der Waals surface area contributed by atoms with Gasteiger partial charge >= 0.3 is 0 Å². The van der Waals surface area contributed by atoms with Crippen LogP contribution in [0.3, 0.4) is 0 Å². The molecule has 0 aromatic heterocycles. The third kappa shape index (κ3) is 18.0. The maximum atomic E-state index is 3.30. The van der Waals surface area contributed by atoms with E-state index in [1.165, 1.54) is 6.42 Å². The minimum Gasteiger partial charge on any atom is -0.315 e. The summed E-state index contributed by atoms with van der Waals surface area (Å²) in [5, 5.41) is 3.30. The van der Waals surface area contributed by atoms with Crippen molar-refractivity contribution in [3.63, 3.8) is 0 Å². The molecule has 0 aromatic carbocycles. The van der Waals surface area contributed by atoms with E-state index in [1.807, 2.05) is 0 Å². The van der Waals surface area contributed by atoms with Gasteiger partial charge in [-0.3, -0.25) is 0 Å². The maximum Gasteiger partial charge on any atom is 0.00103 e. The van der Waals surface area contributed by atoms with Crippen molar-refractivity contribution in [1.29, 1.82) is 0 Å². The van der Waals surface area contributed by atoms with Crippen molar-refractivity contribution >= 4 is 0 Å². The van der Waals surface area contributed by atoms with E-state index in [0.717, 1.165) is 6.54 Å². The molecule has 0 aliphatic heterocycles. The summed E-state index contributed by atoms with van der Waals surface area (Å²) in [6.07, 6.45) is 1.23. The highest BCUT2D eigenvalue weighted by atomic mass is 14.9. The highest BCUT2D eigenvalue weighted by Crippen LogP contribution is 1.76. The zero-order valence-electron chi connectivity index (χ0n) is 5.49. The van der Waals surface area contributed by atoms with E-state index < -0.39 is 0 Å². The van der Waals surface area contributed by atoms with Gasteiger partial charge in [-0.25, -0.2) is 0 Å². The quantitative estimate of drug-likeness (QED) is 0.624. The molecule has 0 aliphatic rings. The molecule has 0 rings (SSSR count). The van der Waals surface area contributed by atoms with E-state index in [-0.39, 0.29) is 14.9 Å². The monoisotopic (exact) mass is 133 g/mol. The van der Waals surface area contributed by atoms with Gasteiger partial charge in [-0.15, -0.1) is 0 Å². The SMILES string of the molecule is C.C.CCCNC(C)C. The maximum absolute atomic E-state index is 3.30. The Morgan fingerprint density at radius 2 is 1.67 bits per heavy atom. The molecule has 0 saturated heterocycles. The first-order chi connectivity index (χ1) is 3.27. The third-order valence-electron chi connectivity index (χ3n) is 0.803. The van der Waals surface area contributed by atoms with Crippen molar-refractivity contribution in [3.8, 4) is 0 Å². The Kier molecular flexibility index (Phi) is 19.3. The number of nitrogens with one attached hydrogen (secondary N) is 1. The molecule has 1 heteroatoms. The minimum atomic E-state index is 0. The van der Waals surface area contributed by atoms with Crippen molar-refractivity contribution in [1.82, 2.24) is 5.32 Å². The molecular formula is C8H23N. The van der Waals surface area contributed by atoms with Crippen LogP contribution in [0, 0.1) is 0 Å². The molecular weight excluding hydrogens is 110 g/mol. The van der Waals surface area contributed by atoms with Crippen LogP contribution in [0.25, 0.3) is 0 Å². The van der Waals surface area contributed by atoms with Gasteiger partial charge in [0.05, 0.1) is 0 Å². The highest BCUT2D eigenvalue weighted by Gasteiger charge is 1.85. The first-order valence-electron chi connectivity index (χ1n) is 3.00. The third-order valence-corrected chi connectivity index (χ3v) is 0.803. The lowest BCUT2D eigenvalue weighted by molar-refractivity contribution is 0.584. The molecule has 1 nitrogen and oxygen atoms in total. The van der Waals surface area contributed by atoms with E-state index in [2.05, 4.69) is 26.1 Å². The van der Waals surface area contributed by atoms with Crippen LogP contribution >= 0.6 is 0 Å². The fraction of sp³-hybridized carbons (Fsp3) is 1.00. The molecule has 0 radical (unpaired) electrons. The van der Waals surface area contributed by atoms with Crippen molar-refractivity contribution in [2.24, 2.45) is 0 Å². The fourth-order valence-electron chi connectivity index (χ4n) is 0.433. The predicted octanol–water partition coefficient (Wildman–Crippen LogP) is 2.67. The van der Waals surface area contributed by atoms with Gasteiger partial charge in [0.1, 0.15) is 0 Å². The van der Waals surface area contributed by atoms with E-state index >= 15 is 0 Å². The van der Waals surface area contributed by atoms with Crippen LogP contribution in [0.15, 0.2) is 0 Å². The van der Waals surface area contributed by atoms with Crippen LogP contribution in [0.1, 0.15) is 42.0 Å². The predicted molar refractivity (Wildman–Crippen MR) is 46.9 cm³/mol. The largest absolute Gasteiger partial charge is 0.315 e. The molecule has 0 heterocycles. The fourth-order valence-corrected chi connectivity index (χ4v) is 0.433. The van der Waals surface area contributed by atoms with E-state index in [1.54, 1.807) is 0 Å². The second-order valence-corrected chi connectivity index (χ2v) is 2.11. The van der Waals surface area contributed by atoms with Gasteiger partial charge < -0.3 is 5.32 Å². The highest BCUT2D eigenvalue weighted by molar-refractivity contribution is 4.48. The Hall–Kier alpha value is -0.0400. The molecule has 0 aliphatic carbocycles. The summed E-state index contributed by atoms with van der Waals surface area (Å²) in [4.78, 5) is 0. The Balaban J connectivity index is -0.000000180. The Bertz CT molecular complexity index is 33.5. The zero-order valence-corrected chi connectivity index (χ0v) is 5.49. The van der Waals surface area contributed by atoms with E-state index in [0.29, 0.717) is 6.04 Å². The molecule has 60 valence electrons. The number of hydrogen-bond donors (Lipinski definition) is 1. The van der Waals surface area contributed by atoms with Crippen LogP contribution in [0.2, 0.25) is 0 Å². The summed E-state index contributed by atoms with van der Waals surface area (Å²) >= 11 is 0. The van der Waals surface area contributed by atoms with E-state index in [9.17, 15) is 0 Å².